The molecule has 0 spiro atoms. The average Bonchev–Trinajstić information content (AvgIpc) is 2.73. The van der Waals surface area contributed by atoms with Gasteiger partial charge >= 0.3 is 0 Å². The van der Waals surface area contributed by atoms with Gasteiger partial charge in [0.05, 0.1) is 19.3 Å². The summed E-state index contributed by atoms with van der Waals surface area (Å²) in [7, 11) is 0. The molecule has 0 saturated carbocycles. The molecule has 0 atom stereocenters. The molecule has 1 saturated heterocycles. The van der Waals surface area contributed by atoms with Gasteiger partial charge in [0, 0.05) is 19.8 Å². The largest absolute Gasteiger partial charge is 0.381 e. The first kappa shape index (κ1) is 22.6. The Bertz CT molecular complexity index is 719. The molecule has 1 heterocycles. The number of hydrogen-bond acceptors (Lipinski definition) is 3. The third-order valence-corrected chi connectivity index (χ3v) is 4.64. The van der Waals surface area contributed by atoms with E-state index in [0.717, 1.165) is 44.6 Å². The molecule has 0 aliphatic carbocycles. The SMILES string of the molecule is I.NC(=NCc1cccc(COC2CCOCC2)c1)NCCc1ccccc1. The Morgan fingerprint density at radius 1 is 1.04 bits per heavy atom. The topological polar surface area (TPSA) is 68.9 Å². The molecule has 5 nitrogen and oxygen atoms in total. The maximum atomic E-state index is 5.99. The lowest BCUT2D eigenvalue weighted by Gasteiger charge is -2.22. The molecular formula is C22H30IN3O2. The zero-order chi connectivity index (χ0) is 18.7. The van der Waals surface area contributed by atoms with E-state index in [9.17, 15) is 0 Å². The smallest absolute Gasteiger partial charge is 0.188 e. The summed E-state index contributed by atoms with van der Waals surface area (Å²) in [5.74, 6) is 0.481. The van der Waals surface area contributed by atoms with Crippen LogP contribution in [0.2, 0.25) is 0 Å². The summed E-state index contributed by atoms with van der Waals surface area (Å²) < 4.78 is 11.4. The van der Waals surface area contributed by atoms with Gasteiger partial charge in [0.15, 0.2) is 5.96 Å². The van der Waals surface area contributed by atoms with E-state index in [1.807, 2.05) is 24.3 Å². The minimum absolute atomic E-state index is 0. The lowest BCUT2D eigenvalue weighted by molar-refractivity contribution is -0.0390. The summed E-state index contributed by atoms with van der Waals surface area (Å²) in [6, 6.07) is 18.7. The van der Waals surface area contributed by atoms with Crippen LogP contribution < -0.4 is 11.1 Å². The number of hydrogen-bond donors (Lipinski definition) is 2. The van der Waals surface area contributed by atoms with Crippen molar-refractivity contribution < 1.29 is 9.47 Å². The molecule has 2 aromatic carbocycles. The normalized spacial score (nSPS) is 15.1. The van der Waals surface area contributed by atoms with Crippen LogP contribution in [0.5, 0.6) is 0 Å². The van der Waals surface area contributed by atoms with Crippen LogP contribution in [0.4, 0.5) is 0 Å². The van der Waals surface area contributed by atoms with Crippen molar-refractivity contribution in [1.82, 2.24) is 5.32 Å². The number of halogens is 1. The number of nitrogens with one attached hydrogen (secondary N) is 1. The zero-order valence-corrected chi connectivity index (χ0v) is 18.5. The van der Waals surface area contributed by atoms with E-state index in [1.165, 1.54) is 11.1 Å². The van der Waals surface area contributed by atoms with Gasteiger partial charge in [-0.2, -0.15) is 0 Å². The molecule has 28 heavy (non-hydrogen) atoms. The average molecular weight is 495 g/mol. The first-order valence-electron chi connectivity index (χ1n) is 9.64. The molecule has 0 radical (unpaired) electrons. The highest BCUT2D eigenvalue weighted by molar-refractivity contribution is 14.0. The molecule has 6 heteroatoms. The van der Waals surface area contributed by atoms with Crippen LogP contribution in [0.3, 0.4) is 0 Å². The summed E-state index contributed by atoms with van der Waals surface area (Å²) in [5.41, 5.74) is 9.58. The zero-order valence-electron chi connectivity index (χ0n) is 16.2. The molecule has 152 valence electrons. The molecular weight excluding hydrogens is 465 g/mol. The number of nitrogens with zero attached hydrogens (tertiary/aromatic N) is 1. The highest BCUT2D eigenvalue weighted by Crippen LogP contribution is 2.14. The Kier molecular flexibility index (Phi) is 10.3. The fourth-order valence-electron chi connectivity index (χ4n) is 3.09. The summed E-state index contributed by atoms with van der Waals surface area (Å²) in [6.07, 6.45) is 3.20. The molecule has 0 aromatic heterocycles. The second-order valence-electron chi connectivity index (χ2n) is 6.81. The summed E-state index contributed by atoms with van der Waals surface area (Å²) in [6.45, 7) is 3.58. The van der Waals surface area contributed by atoms with Gasteiger partial charge in [-0.3, -0.25) is 0 Å². The van der Waals surface area contributed by atoms with Crippen molar-refractivity contribution in [1.29, 1.82) is 0 Å². The number of benzene rings is 2. The van der Waals surface area contributed by atoms with E-state index in [-0.39, 0.29) is 24.0 Å². The Morgan fingerprint density at radius 3 is 2.54 bits per heavy atom. The van der Waals surface area contributed by atoms with Crippen molar-refractivity contribution in [2.75, 3.05) is 19.8 Å². The van der Waals surface area contributed by atoms with Gasteiger partial charge in [-0.05, 0) is 36.0 Å². The van der Waals surface area contributed by atoms with Crippen molar-refractivity contribution in [2.24, 2.45) is 10.7 Å². The van der Waals surface area contributed by atoms with Crippen LogP contribution in [0.25, 0.3) is 0 Å². The van der Waals surface area contributed by atoms with E-state index < -0.39 is 0 Å². The van der Waals surface area contributed by atoms with Gasteiger partial charge < -0.3 is 20.5 Å². The fraction of sp³-hybridized carbons (Fsp3) is 0.409. The van der Waals surface area contributed by atoms with Crippen LogP contribution >= 0.6 is 24.0 Å². The van der Waals surface area contributed by atoms with E-state index >= 15 is 0 Å². The van der Waals surface area contributed by atoms with Crippen LogP contribution in [-0.2, 0) is 29.0 Å². The van der Waals surface area contributed by atoms with Gasteiger partial charge in [0.1, 0.15) is 0 Å². The minimum Gasteiger partial charge on any atom is -0.381 e. The summed E-state index contributed by atoms with van der Waals surface area (Å²) >= 11 is 0. The second kappa shape index (κ2) is 12.7. The molecule has 0 amide bonds. The molecule has 3 rings (SSSR count). The molecule has 1 aliphatic rings. The van der Waals surface area contributed by atoms with Crippen molar-refractivity contribution in [3.63, 3.8) is 0 Å². The van der Waals surface area contributed by atoms with E-state index in [2.05, 4.69) is 40.6 Å². The number of ether oxygens (including phenoxy) is 2. The number of aliphatic imine (C=N–C) groups is 1. The van der Waals surface area contributed by atoms with Crippen LogP contribution in [0.15, 0.2) is 59.6 Å². The van der Waals surface area contributed by atoms with E-state index in [0.29, 0.717) is 25.2 Å². The molecule has 2 aromatic rings. The summed E-state index contributed by atoms with van der Waals surface area (Å²) in [5, 5.41) is 3.18. The van der Waals surface area contributed by atoms with Crippen LogP contribution in [-0.4, -0.2) is 31.8 Å². The van der Waals surface area contributed by atoms with E-state index in [4.69, 9.17) is 15.2 Å². The highest BCUT2D eigenvalue weighted by Gasteiger charge is 2.13. The first-order valence-corrected chi connectivity index (χ1v) is 9.64. The van der Waals surface area contributed by atoms with Gasteiger partial charge in [-0.25, -0.2) is 4.99 Å². The molecule has 0 bridgehead atoms. The Hall–Kier alpha value is -1.64. The van der Waals surface area contributed by atoms with Crippen molar-refractivity contribution >= 4 is 29.9 Å². The van der Waals surface area contributed by atoms with Gasteiger partial charge in [0.2, 0.25) is 0 Å². The third kappa shape index (κ3) is 8.16. The number of nitrogens with two attached hydrogens (primary N) is 1. The second-order valence-corrected chi connectivity index (χ2v) is 6.81. The Labute approximate surface area is 184 Å². The molecule has 3 N–H and O–H groups in total. The standard InChI is InChI=1S/C22H29N3O2.HI/c23-22(24-12-9-18-5-2-1-3-6-18)25-16-19-7-4-8-20(15-19)17-27-21-10-13-26-14-11-21;/h1-8,15,21H,9-14,16-17H2,(H3,23,24,25);1H. The number of guanidine groups is 1. The molecule has 1 fully saturated rings. The Morgan fingerprint density at radius 2 is 1.75 bits per heavy atom. The molecule has 1 aliphatic heterocycles. The number of rotatable bonds is 8. The van der Waals surface area contributed by atoms with Gasteiger partial charge in [0.25, 0.3) is 0 Å². The monoisotopic (exact) mass is 495 g/mol. The predicted octanol–water partition coefficient (Wildman–Crippen LogP) is 3.65. The van der Waals surface area contributed by atoms with Crippen LogP contribution in [0, 0.1) is 0 Å². The van der Waals surface area contributed by atoms with Crippen molar-refractivity contribution in [3.05, 3.63) is 71.3 Å². The van der Waals surface area contributed by atoms with E-state index in [1.54, 1.807) is 0 Å². The lowest BCUT2D eigenvalue weighted by atomic mass is 10.1. The molecule has 0 unspecified atom stereocenters. The van der Waals surface area contributed by atoms with Crippen molar-refractivity contribution in [2.45, 2.75) is 38.5 Å². The van der Waals surface area contributed by atoms with Gasteiger partial charge in [-0.15, -0.1) is 24.0 Å². The fourth-order valence-corrected chi connectivity index (χ4v) is 3.09. The quantitative estimate of drug-likeness (QED) is 0.334. The summed E-state index contributed by atoms with van der Waals surface area (Å²) in [4.78, 5) is 4.44. The third-order valence-electron chi connectivity index (χ3n) is 4.64. The first-order chi connectivity index (χ1) is 13.3. The maximum absolute atomic E-state index is 5.99. The van der Waals surface area contributed by atoms with Crippen LogP contribution in [0.1, 0.15) is 29.5 Å². The predicted molar refractivity (Wildman–Crippen MR) is 124 cm³/mol. The maximum Gasteiger partial charge on any atom is 0.188 e. The van der Waals surface area contributed by atoms with Crippen molar-refractivity contribution in [3.8, 4) is 0 Å². The lowest BCUT2D eigenvalue weighted by Crippen LogP contribution is -2.33. The minimum atomic E-state index is 0. The Balaban J connectivity index is 0.00000280. The van der Waals surface area contributed by atoms with Gasteiger partial charge in [-0.1, -0.05) is 54.6 Å². The highest BCUT2D eigenvalue weighted by atomic mass is 127.